The van der Waals surface area contributed by atoms with Gasteiger partial charge in [0, 0.05) is 61.4 Å². The molecule has 2 aromatic heterocycles. The second kappa shape index (κ2) is 22.8. The highest BCUT2D eigenvalue weighted by molar-refractivity contribution is 7.00. The summed E-state index contributed by atoms with van der Waals surface area (Å²) in [6, 6.07) is 108. The molecule has 5 heteroatoms. The predicted molar refractivity (Wildman–Crippen MR) is 440 cm³/mol. The molecule has 2 aliphatic carbocycles. The van der Waals surface area contributed by atoms with Crippen LogP contribution < -0.4 is 26.2 Å². The number of fused-ring (bicyclic) bond motifs is 12. The minimum absolute atomic E-state index is 0.0303. The van der Waals surface area contributed by atoms with E-state index in [0.29, 0.717) is 0 Å². The van der Waals surface area contributed by atoms with Crippen molar-refractivity contribution in [3.8, 4) is 55.9 Å². The topological polar surface area (TPSA) is 16.3 Å². The smallest absolute Gasteiger partial charge is 0.252 e. The quantitative estimate of drug-likeness (QED) is 0.141. The molecular formula is C98H87BN4. The van der Waals surface area contributed by atoms with Crippen LogP contribution in [0.25, 0.3) is 99.5 Å². The van der Waals surface area contributed by atoms with Gasteiger partial charge in [0.1, 0.15) is 0 Å². The van der Waals surface area contributed by atoms with Gasteiger partial charge in [-0.15, -0.1) is 0 Å². The van der Waals surface area contributed by atoms with Gasteiger partial charge in [0.15, 0.2) is 0 Å². The van der Waals surface area contributed by atoms with Gasteiger partial charge >= 0.3 is 0 Å². The van der Waals surface area contributed by atoms with Gasteiger partial charge in [-0.05, 0) is 226 Å². The molecule has 0 atom stereocenters. The van der Waals surface area contributed by atoms with E-state index in [1.165, 1.54) is 164 Å². The van der Waals surface area contributed by atoms with Gasteiger partial charge in [0.05, 0.1) is 27.8 Å². The summed E-state index contributed by atoms with van der Waals surface area (Å²) < 4.78 is 5.05. The summed E-state index contributed by atoms with van der Waals surface area (Å²) in [4.78, 5) is 5.26. The molecule has 0 bridgehead atoms. The van der Waals surface area contributed by atoms with Crippen LogP contribution in [-0.4, -0.2) is 15.8 Å². The van der Waals surface area contributed by atoms with Crippen LogP contribution in [0.4, 0.5) is 34.1 Å². The number of rotatable bonds is 8. The van der Waals surface area contributed by atoms with E-state index in [1.54, 1.807) is 0 Å². The van der Waals surface area contributed by atoms with Crippen molar-refractivity contribution >= 4 is 101 Å². The molecule has 13 aromatic carbocycles. The Bertz CT molecular complexity index is 5930. The molecule has 0 saturated heterocycles. The van der Waals surface area contributed by atoms with Gasteiger partial charge in [0.2, 0.25) is 0 Å². The zero-order valence-electron chi connectivity index (χ0n) is 61.3. The van der Waals surface area contributed by atoms with Crippen LogP contribution in [0.1, 0.15) is 130 Å². The number of aromatic nitrogens is 2. The second-order valence-corrected chi connectivity index (χ2v) is 33.8. The van der Waals surface area contributed by atoms with Gasteiger partial charge in [-0.2, -0.15) is 0 Å². The first-order valence-corrected chi connectivity index (χ1v) is 37.4. The average molecular weight is 1330 g/mol. The van der Waals surface area contributed by atoms with Gasteiger partial charge < -0.3 is 18.9 Å². The first kappa shape index (κ1) is 63.1. The first-order chi connectivity index (χ1) is 49.7. The lowest BCUT2D eigenvalue weighted by Gasteiger charge is -2.44. The molecule has 4 nitrogen and oxygen atoms in total. The molecule has 4 heterocycles. The highest BCUT2D eigenvalue weighted by atomic mass is 15.2. The van der Waals surface area contributed by atoms with Crippen LogP contribution >= 0.6 is 0 Å². The van der Waals surface area contributed by atoms with Gasteiger partial charge in [-0.1, -0.05) is 270 Å². The average Bonchev–Trinajstić information content (AvgIpc) is 1.26. The maximum Gasteiger partial charge on any atom is 0.252 e. The highest BCUT2D eigenvalue weighted by Gasteiger charge is 2.45. The van der Waals surface area contributed by atoms with Crippen LogP contribution in [0.2, 0.25) is 0 Å². The Hall–Kier alpha value is -10.9. The molecule has 502 valence electrons. The van der Waals surface area contributed by atoms with E-state index >= 15 is 0 Å². The van der Waals surface area contributed by atoms with Crippen LogP contribution in [0.15, 0.2) is 279 Å². The molecular weight excluding hydrogens is 1240 g/mol. The van der Waals surface area contributed by atoms with E-state index in [9.17, 15) is 0 Å². The lowest BCUT2D eigenvalue weighted by Crippen LogP contribution is -2.61. The molecule has 0 radical (unpaired) electrons. The number of anilines is 6. The van der Waals surface area contributed by atoms with Gasteiger partial charge in [-0.25, -0.2) is 0 Å². The Morgan fingerprint density at radius 3 is 1.17 bits per heavy atom. The minimum Gasteiger partial charge on any atom is -0.311 e. The van der Waals surface area contributed by atoms with Gasteiger partial charge in [-0.3, -0.25) is 0 Å². The van der Waals surface area contributed by atoms with Crippen molar-refractivity contribution in [3.05, 3.63) is 307 Å². The zero-order chi connectivity index (χ0) is 70.2. The summed E-state index contributed by atoms with van der Waals surface area (Å²) in [5, 5.41) is 4.93. The number of para-hydroxylation sites is 3. The number of nitrogens with zero attached hydrogens (tertiary/aromatic N) is 4. The van der Waals surface area contributed by atoms with E-state index in [1.807, 2.05) is 0 Å². The summed E-state index contributed by atoms with van der Waals surface area (Å²) in [5.41, 5.74) is 34.9. The molecule has 15 aromatic rings. The monoisotopic (exact) mass is 1330 g/mol. The van der Waals surface area contributed by atoms with Crippen LogP contribution in [-0.2, 0) is 27.1 Å². The van der Waals surface area contributed by atoms with Crippen molar-refractivity contribution in [2.75, 3.05) is 9.80 Å². The predicted octanol–water partition coefficient (Wildman–Crippen LogP) is 24.6. The Morgan fingerprint density at radius 1 is 0.272 bits per heavy atom. The Balaban J connectivity index is 0.883. The van der Waals surface area contributed by atoms with Crippen LogP contribution in [0, 0.1) is 0 Å². The molecule has 0 N–H and O–H groups in total. The maximum absolute atomic E-state index is 2.63. The summed E-state index contributed by atoms with van der Waals surface area (Å²) in [6.45, 7) is 26.3. The third kappa shape index (κ3) is 9.99. The third-order valence-corrected chi connectivity index (χ3v) is 24.6. The molecule has 4 aliphatic rings. The highest BCUT2D eigenvalue weighted by Crippen LogP contribution is 2.52. The van der Waals surface area contributed by atoms with Crippen LogP contribution in [0.5, 0.6) is 0 Å². The van der Waals surface area contributed by atoms with E-state index in [0.717, 1.165) is 39.8 Å². The van der Waals surface area contributed by atoms with Gasteiger partial charge in [0.25, 0.3) is 6.71 Å². The third-order valence-electron chi connectivity index (χ3n) is 24.6. The summed E-state index contributed by atoms with van der Waals surface area (Å²) in [6.07, 6.45) is 4.71. The van der Waals surface area contributed by atoms with Crippen molar-refractivity contribution in [1.29, 1.82) is 0 Å². The minimum atomic E-state index is -0.157. The molecule has 0 spiro atoms. The van der Waals surface area contributed by atoms with Crippen molar-refractivity contribution in [1.82, 2.24) is 9.13 Å². The largest absolute Gasteiger partial charge is 0.311 e. The molecule has 0 amide bonds. The van der Waals surface area contributed by atoms with E-state index in [4.69, 9.17) is 0 Å². The molecule has 0 unspecified atom stereocenters. The summed E-state index contributed by atoms with van der Waals surface area (Å²) in [5.74, 6) is 0. The summed E-state index contributed by atoms with van der Waals surface area (Å²) in [7, 11) is 0. The normalized spacial score (nSPS) is 16.0. The molecule has 0 fully saturated rings. The second-order valence-electron chi connectivity index (χ2n) is 33.8. The Labute approximate surface area is 607 Å². The first-order valence-electron chi connectivity index (χ1n) is 37.4. The molecule has 2 aliphatic heterocycles. The number of hydrogen-bond acceptors (Lipinski definition) is 2. The maximum atomic E-state index is 2.63. The van der Waals surface area contributed by atoms with Crippen molar-refractivity contribution in [2.24, 2.45) is 0 Å². The van der Waals surface area contributed by atoms with Crippen LogP contribution in [0.3, 0.4) is 0 Å². The van der Waals surface area contributed by atoms with Crippen molar-refractivity contribution < 1.29 is 0 Å². The summed E-state index contributed by atoms with van der Waals surface area (Å²) >= 11 is 0. The molecule has 0 saturated carbocycles. The standard InChI is InChI=1S/C98H87BN4/c1-94(2,3)70-25-21-24-65(54-70)69-38-47-83-89(58-69)100(71-40-32-63(33-41-71)67-36-45-79-81(56-67)97(8,9)52-50-95(79,4)5)91-60-74(103-85-29-18-15-26-75(85)76-27-16-19-30-86(76)103)61-92-93(91)99(83)84-48-44-73(102-87-31-20-17-28-77(87)78-55-66(39-49-88(78)102)62-22-13-12-14-23-62)59-90(84)101(92)72-42-34-64(35-43-72)68-37-46-80-82(57-68)98(10,11)53-51-96(80,6)7/h12-49,54-61H,50-53H2,1-11H3. The molecule has 19 rings (SSSR count). The zero-order valence-corrected chi connectivity index (χ0v) is 61.3. The SMILES string of the molecule is CC(C)(C)c1cccc(-c2ccc3c(c2)N(c2ccc(-c4ccc5c(c4)C(C)(C)CCC5(C)C)cc2)c2cc(-n4c5ccccc5c5ccccc54)cc4c2B3c2ccc(-n3c5ccccc5c5cc(-c6ccccc6)ccc53)cc2N4c2ccc(-c3ccc4c(c3)C(C)(C)CCC4(C)C)cc2)c1. The fourth-order valence-electron chi connectivity index (χ4n) is 18.5. The Morgan fingerprint density at radius 2 is 0.641 bits per heavy atom. The Kier molecular flexibility index (Phi) is 14.0. The van der Waals surface area contributed by atoms with Crippen molar-refractivity contribution in [3.63, 3.8) is 0 Å². The number of benzene rings is 13. The van der Waals surface area contributed by atoms with Crippen molar-refractivity contribution in [2.45, 2.75) is 129 Å². The van der Waals surface area contributed by atoms with E-state index < -0.39 is 0 Å². The fourth-order valence-corrected chi connectivity index (χ4v) is 18.5. The molecule has 103 heavy (non-hydrogen) atoms. The van der Waals surface area contributed by atoms with E-state index in [-0.39, 0.29) is 33.8 Å². The lowest BCUT2D eigenvalue weighted by atomic mass is 9.33. The number of hydrogen-bond donors (Lipinski definition) is 0. The van der Waals surface area contributed by atoms with E-state index in [2.05, 4.69) is 374 Å². The lowest BCUT2D eigenvalue weighted by molar-refractivity contribution is 0.332. The fraction of sp³-hybridized carbons (Fsp3) is 0.204.